The van der Waals surface area contributed by atoms with Gasteiger partial charge in [0.1, 0.15) is 5.82 Å². The van der Waals surface area contributed by atoms with Crippen LogP contribution >= 0.6 is 0 Å². The minimum Gasteiger partial charge on any atom is -0.346 e. The van der Waals surface area contributed by atoms with Crippen LogP contribution in [-0.4, -0.2) is 33.9 Å². The molecule has 1 aliphatic rings. The zero-order valence-corrected chi connectivity index (χ0v) is 12.6. The molecule has 1 aromatic carbocycles. The van der Waals surface area contributed by atoms with Crippen LogP contribution in [0.4, 0.5) is 0 Å². The molecule has 0 radical (unpaired) electrons. The van der Waals surface area contributed by atoms with E-state index in [0.717, 1.165) is 48.6 Å². The van der Waals surface area contributed by atoms with Crippen LogP contribution in [0.25, 0.3) is 0 Å². The maximum atomic E-state index is 12.7. The Morgan fingerprint density at radius 3 is 2.86 bits per heavy atom. The van der Waals surface area contributed by atoms with E-state index in [1.54, 1.807) is 0 Å². The Morgan fingerprint density at radius 2 is 2.14 bits per heavy atom. The predicted molar refractivity (Wildman–Crippen MR) is 82.4 cm³/mol. The lowest BCUT2D eigenvalue weighted by Gasteiger charge is -2.32. The second-order valence-corrected chi connectivity index (χ2v) is 5.86. The van der Waals surface area contributed by atoms with Gasteiger partial charge in [-0.1, -0.05) is 18.2 Å². The zero-order valence-electron chi connectivity index (χ0n) is 12.6. The van der Waals surface area contributed by atoms with Crippen molar-refractivity contribution in [2.45, 2.75) is 32.6 Å². The van der Waals surface area contributed by atoms with Crippen LogP contribution in [0.1, 0.15) is 46.2 Å². The highest BCUT2D eigenvalue weighted by Gasteiger charge is 2.27. The van der Waals surface area contributed by atoms with Crippen LogP contribution in [0, 0.1) is 13.8 Å². The van der Waals surface area contributed by atoms with E-state index in [1.165, 1.54) is 0 Å². The van der Waals surface area contributed by atoms with Crippen molar-refractivity contribution in [2.75, 3.05) is 13.1 Å². The number of amides is 1. The molecule has 1 aromatic heterocycles. The predicted octanol–water partition coefficient (Wildman–Crippen LogP) is 3.05. The van der Waals surface area contributed by atoms with Crippen LogP contribution < -0.4 is 0 Å². The second kappa shape index (κ2) is 5.72. The molecular weight excluding hydrogens is 262 g/mol. The summed E-state index contributed by atoms with van der Waals surface area (Å²) >= 11 is 0. The second-order valence-electron chi connectivity index (χ2n) is 5.86. The van der Waals surface area contributed by atoms with Gasteiger partial charge in [-0.15, -0.1) is 0 Å². The molecule has 1 N–H and O–H groups in total. The summed E-state index contributed by atoms with van der Waals surface area (Å²) in [5.74, 6) is 1.47. The third-order valence-electron chi connectivity index (χ3n) is 4.19. The number of benzene rings is 1. The molecule has 0 aliphatic carbocycles. The Morgan fingerprint density at radius 1 is 1.33 bits per heavy atom. The van der Waals surface area contributed by atoms with Gasteiger partial charge in [0.15, 0.2) is 0 Å². The van der Waals surface area contributed by atoms with E-state index < -0.39 is 0 Å². The van der Waals surface area contributed by atoms with Gasteiger partial charge >= 0.3 is 0 Å². The fourth-order valence-electron chi connectivity index (χ4n) is 3.01. The summed E-state index contributed by atoms with van der Waals surface area (Å²) in [5.41, 5.74) is 2.93. The van der Waals surface area contributed by atoms with E-state index in [4.69, 9.17) is 0 Å². The molecule has 0 saturated carbocycles. The summed E-state index contributed by atoms with van der Waals surface area (Å²) in [5, 5.41) is 0. The number of hydrogen-bond acceptors (Lipinski definition) is 2. The average Bonchev–Trinajstić information content (AvgIpc) is 2.94. The van der Waals surface area contributed by atoms with Gasteiger partial charge in [0.2, 0.25) is 0 Å². The topological polar surface area (TPSA) is 49.0 Å². The maximum Gasteiger partial charge on any atom is 0.254 e. The molecule has 0 unspecified atom stereocenters. The van der Waals surface area contributed by atoms with E-state index in [-0.39, 0.29) is 5.91 Å². The molecule has 1 amide bonds. The number of rotatable bonds is 2. The molecule has 21 heavy (non-hydrogen) atoms. The van der Waals surface area contributed by atoms with E-state index in [2.05, 4.69) is 9.97 Å². The third kappa shape index (κ3) is 2.84. The Bertz CT molecular complexity index is 647. The number of carbonyl (C=O) groups excluding carboxylic acids is 1. The molecule has 0 spiro atoms. The number of carbonyl (C=O) groups is 1. The number of likely N-dealkylation sites (tertiary alicyclic amines) is 1. The van der Waals surface area contributed by atoms with Gasteiger partial charge in [-0.05, 0) is 38.3 Å². The van der Waals surface area contributed by atoms with Crippen LogP contribution in [0.3, 0.4) is 0 Å². The molecule has 3 rings (SSSR count). The number of imidazole rings is 1. The molecule has 1 aliphatic heterocycles. The van der Waals surface area contributed by atoms with E-state index >= 15 is 0 Å². The Kier molecular flexibility index (Phi) is 3.78. The fourth-order valence-corrected chi connectivity index (χ4v) is 3.01. The summed E-state index contributed by atoms with van der Waals surface area (Å²) in [4.78, 5) is 22.4. The van der Waals surface area contributed by atoms with Crippen molar-refractivity contribution in [1.29, 1.82) is 0 Å². The lowest BCUT2D eigenvalue weighted by atomic mass is 9.96. The number of aryl methyl sites for hydroxylation is 2. The molecule has 0 bridgehead atoms. The number of aromatic amines is 1. The van der Waals surface area contributed by atoms with Gasteiger partial charge in [-0.3, -0.25) is 4.79 Å². The number of piperidine rings is 1. The Hall–Kier alpha value is -2.10. The summed E-state index contributed by atoms with van der Waals surface area (Å²) < 4.78 is 0. The van der Waals surface area contributed by atoms with Gasteiger partial charge in [0.25, 0.3) is 5.91 Å². The largest absolute Gasteiger partial charge is 0.346 e. The number of aromatic nitrogens is 2. The number of nitrogens with one attached hydrogen (secondary N) is 1. The lowest BCUT2D eigenvalue weighted by molar-refractivity contribution is 0.0704. The first kappa shape index (κ1) is 13.9. The highest BCUT2D eigenvalue weighted by molar-refractivity contribution is 5.95. The van der Waals surface area contributed by atoms with Crippen LogP contribution in [0.2, 0.25) is 0 Å². The van der Waals surface area contributed by atoms with Gasteiger partial charge in [0, 0.05) is 36.5 Å². The third-order valence-corrected chi connectivity index (χ3v) is 4.19. The SMILES string of the molecule is Cc1cnc([C@H]2CCCN(C(=O)c3ccccc3C)C2)[nH]1. The fraction of sp³-hybridized carbons (Fsp3) is 0.412. The van der Waals surface area contributed by atoms with Gasteiger partial charge in [-0.25, -0.2) is 4.98 Å². The van der Waals surface area contributed by atoms with Crippen molar-refractivity contribution in [3.05, 3.63) is 53.1 Å². The summed E-state index contributed by atoms with van der Waals surface area (Å²) in [6.07, 6.45) is 3.98. The van der Waals surface area contributed by atoms with E-state index in [0.29, 0.717) is 5.92 Å². The first-order chi connectivity index (χ1) is 10.1. The van der Waals surface area contributed by atoms with Crippen LogP contribution in [0.5, 0.6) is 0 Å². The molecule has 2 aromatic rings. The maximum absolute atomic E-state index is 12.7. The first-order valence-electron chi connectivity index (χ1n) is 7.51. The molecule has 1 saturated heterocycles. The highest BCUT2D eigenvalue weighted by atomic mass is 16.2. The Labute approximate surface area is 125 Å². The quantitative estimate of drug-likeness (QED) is 0.921. The zero-order chi connectivity index (χ0) is 14.8. The molecule has 1 fully saturated rings. The summed E-state index contributed by atoms with van der Waals surface area (Å²) in [7, 11) is 0. The molecule has 110 valence electrons. The van der Waals surface area contributed by atoms with Crippen molar-refractivity contribution >= 4 is 5.91 Å². The highest BCUT2D eigenvalue weighted by Crippen LogP contribution is 2.26. The lowest BCUT2D eigenvalue weighted by Crippen LogP contribution is -2.39. The van der Waals surface area contributed by atoms with Crippen molar-refractivity contribution in [3.8, 4) is 0 Å². The Balaban J connectivity index is 1.77. The number of nitrogens with zero attached hydrogens (tertiary/aromatic N) is 2. The van der Waals surface area contributed by atoms with Crippen molar-refractivity contribution in [2.24, 2.45) is 0 Å². The van der Waals surface area contributed by atoms with Crippen LogP contribution in [-0.2, 0) is 0 Å². The van der Waals surface area contributed by atoms with Gasteiger partial charge in [0.05, 0.1) is 0 Å². The minimum atomic E-state index is 0.140. The van der Waals surface area contributed by atoms with Crippen LogP contribution in [0.15, 0.2) is 30.5 Å². The van der Waals surface area contributed by atoms with E-state index in [9.17, 15) is 4.79 Å². The number of H-pyrrole nitrogens is 1. The van der Waals surface area contributed by atoms with Crippen molar-refractivity contribution in [1.82, 2.24) is 14.9 Å². The average molecular weight is 283 g/mol. The standard InChI is InChI=1S/C17H21N3O/c1-12-6-3-4-8-15(12)17(21)20-9-5-7-14(11-20)16-18-10-13(2)19-16/h3-4,6,8,10,14H,5,7,9,11H2,1-2H3,(H,18,19)/t14-/m0/s1. The molecule has 4 nitrogen and oxygen atoms in total. The van der Waals surface area contributed by atoms with Crippen molar-refractivity contribution in [3.63, 3.8) is 0 Å². The minimum absolute atomic E-state index is 0.140. The normalized spacial score (nSPS) is 18.8. The molecular formula is C17H21N3O. The smallest absolute Gasteiger partial charge is 0.254 e. The first-order valence-corrected chi connectivity index (χ1v) is 7.51. The van der Waals surface area contributed by atoms with Gasteiger partial charge < -0.3 is 9.88 Å². The monoisotopic (exact) mass is 283 g/mol. The molecule has 4 heteroatoms. The van der Waals surface area contributed by atoms with Crippen molar-refractivity contribution < 1.29 is 4.79 Å². The van der Waals surface area contributed by atoms with Gasteiger partial charge in [-0.2, -0.15) is 0 Å². The molecule has 1 atom stereocenters. The summed E-state index contributed by atoms with van der Waals surface area (Å²) in [6, 6.07) is 7.80. The number of hydrogen-bond donors (Lipinski definition) is 1. The van der Waals surface area contributed by atoms with E-state index in [1.807, 2.05) is 49.2 Å². The molecule has 2 heterocycles. The summed E-state index contributed by atoms with van der Waals surface area (Å²) in [6.45, 7) is 5.59.